The molecule has 0 bridgehead atoms. The van der Waals surface area contributed by atoms with Crippen molar-refractivity contribution in [1.29, 1.82) is 0 Å². The van der Waals surface area contributed by atoms with Gasteiger partial charge in [-0.2, -0.15) is 4.37 Å². The zero-order chi connectivity index (χ0) is 11.0. The molecular weight excluding hydrogens is 258 g/mol. The molecule has 80 valence electrons. The maximum absolute atomic E-state index is 4.18. The van der Waals surface area contributed by atoms with Crippen LogP contribution in [0.1, 0.15) is 0 Å². The monoisotopic (exact) mass is 265 g/mol. The first-order chi connectivity index (χ1) is 7.86. The van der Waals surface area contributed by atoms with Crippen LogP contribution in [0.3, 0.4) is 0 Å². The van der Waals surface area contributed by atoms with E-state index in [1.54, 1.807) is 23.1 Å². The predicted molar refractivity (Wildman–Crippen MR) is 70.3 cm³/mol. The highest BCUT2D eigenvalue weighted by atomic mass is 32.2. The molecule has 0 saturated heterocycles. The molecular formula is C10H7N3S3. The zero-order valence-electron chi connectivity index (χ0n) is 8.38. The summed E-state index contributed by atoms with van der Waals surface area (Å²) >= 11 is 4.76. The maximum atomic E-state index is 4.18. The quantitative estimate of drug-likeness (QED) is 0.664. The molecule has 0 fully saturated rings. The Balaban J connectivity index is 2.10. The van der Waals surface area contributed by atoms with Crippen LogP contribution in [0.5, 0.6) is 0 Å². The van der Waals surface area contributed by atoms with Crippen LogP contribution in [0.4, 0.5) is 0 Å². The summed E-state index contributed by atoms with van der Waals surface area (Å²) in [5.41, 5.74) is 1.12. The molecule has 1 aromatic carbocycles. The van der Waals surface area contributed by atoms with Crippen molar-refractivity contribution in [3.8, 4) is 10.6 Å². The highest BCUT2D eigenvalue weighted by Crippen LogP contribution is 2.30. The number of thioether (sulfide) groups is 1. The minimum atomic E-state index is 0.972. The summed E-state index contributed by atoms with van der Waals surface area (Å²) in [6, 6.07) is 6.27. The number of aromatic nitrogens is 3. The van der Waals surface area contributed by atoms with Gasteiger partial charge in [0.05, 0.1) is 4.70 Å². The van der Waals surface area contributed by atoms with Crippen LogP contribution in [-0.2, 0) is 0 Å². The van der Waals surface area contributed by atoms with E-state index < -0.39 is 0 Å². The molecule has 0 spiro atoms. The first-order valence-electron chi connectivity index (χ1n) is 4.59. The summed E-state index contributed by atoms with van der Waals surface area (Å²) in [5.74, 6) is 0. The highest BCUT2D eigenvalue weighted by Gasteiger charge is 2.07. The second-order valence-corrected chi connectivity index (χ2v) is 6.02. The molecule has 3 nitrogen and oxygen atoms in total. The van der Waals surface area contributed by atoms with Gasteiger partial charge in [0.25, 0.3) is 0 Å². The summed E-state index contributed by atoms with van der Waals surface area (Å²) in [4.78, 5) is 0. The van der Waals surface area contributed by atoms with Gasteiger partial charge >= 0.3 is 0 Å². The zero-order valence-corrected chi connectivity index (χ0v) is 10.8. The fraction of sp³-hybridized carbons (Fsp3) is 0.100. The Kier molecular flexibility index (Phi) is 2.62. The molecule has 0 aliphatic carbocycles. The minimum absolute atomic E-state index is 0.972. The van der Waals surface area contributed by atoms with Gasteiger partial charge < -0.3 is 0 Å². The lowest BCUT2D eigenvalue weighted by Crippen LogP contribution is -1.75. The molecule has 3 rings (SSSR count). The molecule has 2 heterocycles. The van der Waals surface area contributed by atoms with Gasteiger partial charge in [-0.1, -0.05) is 35.2 Å². The molecule has 0 atom stereocenters. The smallest absolute Gasteiger partial charge is 0.174 e. The Bertz CT molecular complexity index is 629. The van der Waals surface area contributed by atoms with Crippen molar-refractivity contribution in [3.63, 3.8) is 0 Å². The summed E-state index contributed by atoms with van der Waals surface area (Å²) in [7, 11) is 0. The maximum Gasteiger partial charge on any atom is 0.174 e. The standard InChI is InChI=1S/C10H7N3S3/c1-14-10-13-12-9(15-10)6-2-3-7-5-11-16-8(7)4-6/h2-5H,1H3. The van der Waals surface area contributed by atoms with Crippen LogP contribution in [0, 0.1) is 0 Å². The van der Waals surface area contributed by atoms with Gasteiger partial charge in [0.1, 0.15) is 5.01 Å². The van der Waals surface area contributed by atoms with Crippen molar-refractivity contribution in [2.75, 3.05) is 6.26 Å². The summed E-state index contributed by atoms with van der Waals surface area (Å²) in [5, 5.41) is 10.4. The van der Waals surface area contributed by atoms with Crippen molar-refractivity contribution in [2.45, 2.75) is 4.34 Å². The average molecular weight is 265 g/mol. The van der Waals surface area contributed by atoms with E-state index in [2.05, 4.69) is 32.8 Å². The van der Waals surface area contributed by atoms with Gasteiger partial charge in [0.15, 0.2) is 4.34 Å². The van der Waals surface area contributed by atoms with Gasteiger partial charge in [-0.3, -0.25) is 0 Å². The number of nitrogens with zero attached hydrogens (tertiary/aromatic N) is 3. The van der Waals surface area contributed by atoms with E-state index in [4.69, 9.17) is 0 Å². The number of hydrogen-bond donors (Lipinski definition) is 0. The molecule has 0 aliphatic rings. The van der Waals surface area contributed by atoms with E-state index in [1.165, 1.54) is 21.6 Å². The first kappa shape index (κ1) is 10.2. The van der Waals surface area contributed by atoms with Crippen LogP contribution in [0.2, 0.25) is 0 Å². The van der Waals surface area contributed by atoms with Crippen LogP contribution in [0.15, 0.2) is 28.7 Å². The molecule has 2 aromatic heterocycles. The van der Waals surface area contributed by atoms with Crippen LogP contribution in [-0.4, -0.2) is 20.8 Å². The van der Waals surface area contributed by atoms with Gasteiger partial charge in [-0.05, 0) is 23.9 Å². The summed E-state index contributed by atoms with van der Waals surface area (Å²) in [6.07, 6.45) is 3.90. The minimum Gasteiger partial charge on any atom is -0.200 e. The normalized spacial score (nSPS) is 11.1. The van der Waals surface area contributed by atoms with E-state index in [9.17, 15) is 0 Å². The third-order valence-corrected chi connectivity index (χ3v) is 4.89. The summed E-state index contributed by atoms with van der Waals surface area (Å²) < 4.78 is 6.35. The Labute approximate surface area is 105 Å². The molecule has 0 amide bonds. The first-order valence-corrected chi connectivity index (χ1v) is 7.40. The lowest BCUT2D eigenvalue weighted by molar-refractivity contribution is 1.02. The number of benzene rings is 1. The van der Waals surface area contributed by atoms with E-state index >= 15 is 0 Å². The third kappa shape index (κ3) is 1.73. The Morgan fingerprint density at radius 1 is 1.25 bits per heavy atom. The van der Waals surface area contributed by atoms with Crippen LogP contribution in [0.25, 0.3) is 20.7 Å². The summed E-state index contributed by atoms with van der Waals surface area (Å²) in [6.45, 7) is 0. The lowest BCUT2D eigenvalue weighted by atomic mass is 10.2. The van der Waals surface area contributed by atoms with Crippen molar-refractivity contribution in [2.24, 2.45) is 0 Å². The molecule has 16 heavy (non-hydrogen) atoms. The Morgan fingerprint density at radius 3 is 3.00 bits per heavy atom. The second-order valence-electron chi connectivity index (χ2n) is 3.16. The van der Waals surface area contributed by atoms with E-state index in [0.717, 1.165) is 14.9 Å². The van der Waals surface area contributed by atoms with Crippen LogP contribution < -0.4 is 0 Å². The highest BCUT2D eigenvalue weighted by molar-refractivity contribution is 8.00. The van der Waals surface area contributed by atoms with E-state index in [0.29, 0.717) is 0 Å². The van der Waals surface area contributed by atoms with Gasteiger partial charge in [0.2, 0.25) is 0 Å². The van der Waals surface area contributed by atoms with Crippen molar-refractivity contribution < 1.29 is 0 Å². The average Bonchev–Trinajstić information content (AvgIpc) is 2.96. The van der Waals surface area contributed by atoms with Gasteiger partial charge in [-0.15, -0.1) is 10.2 Å². The van der Waals surface area contributed by atoms with Gasteiger partial charge in [-0.25, -0.2) is 0 Å². The number of rotatable bonds is 2. The fourth-order valence-corrected chi connectivity index (χ4v) is 3.35. The van der Waals surface area contributed by atoms with E-state index in [-0.39, 0.29) is 0 Å². The Hall–Kier alpha value is -0.980. The van der Waals surface area contributed by atoms with E-state index in [1.807, 2.05) is 12.5 Å². The molecule has 0 aliphatic heterocycles. The third-order valence-electron chi connectivity index (χ3n) is 2.18. The number of hydrogen-bond acceptors (Lipinski definition) is 6. The fourth-order valence-electron chi connectivity index (χ4n) is 1.40. The van der Waals surface area contributed by atoms with Crippen LogP contribution >= 0.6 is 34.6 Å². The molecule has 3 aromatic rings. The number of fused-ring (bicyclic) bond motifs is 1. The van der Waals surface area contributed by atoms with Gasteiger partial charge in [0, 0.05) is 17.1 Å². The molecule has 0 unspecified atom stereocenters. The van der Waals surface area contributed by atoms with Crippen molar-refractivity contribution >= 4 is 44.7 Å². The molecule has 0 N–H and O–H groups in total. The SMILES string of the molecule is CSc1nnc(-c2ccc3cnsc3c2)s1. The topological polar surface area (TPSA) is 38.7 Å². The van der Waals surface area contributed by atoms with Crippen molar-refractivity contribution in [3.05, 3.63) is 24.4 Å². The lowest BCUT2D eigenvalue weighted by Gasteiger charge is -1.94. The molecule has 0 saturated carbocycles. The predicted octanol–water partition coefficient (Wildman–Crippen LogP) is 3.54. The molecule has 6 heteroatoms. The molecule has 0 radical (unpaired) electrons. The second kappa shape index (κ2) is 4.12. The Morgan fingerprint density at radius 2 is 2.19 bits per heavy atom. The largest absolute Gasteiger partial charge is 0.200 e. The van der Waals surface area contributed by atoms with Crippen molar-refractivity contribution in [1.82, 2.24) is 14.6 Å².